The van der Waals surface area contributed by atoms with Gasteiger partial charge < -0.3 is 15.4 Å². The molecule has 1 aromatic rings. The molecule has 0 aliphatic rings. The maximum atomic E-state index is 12.1. The molecule has 0 aliphatic carbocycles. The molecule has 2 amide bonds. The standard InChI is InChI=1S/C16H24N2O3/c1-6-10(2)14(15(19)21-5)18-16(20)17-13-9-7-8-11(3)12(13)4/h7-10,14H,6H2,1-5H3,(H2,17,18,20)/t10?,14-/m0/s1. The monoisotopic (exact) mass is 292 g/mol. The van der Waals surface area contributed by atoms with Crippen LogP contribution in [-0.4, -0.2) is 25.2 Å². The van der Waals surface area contributed by atoms with Crippen molar-refractivity contribution < 1.29 is 14.3 Å². The Morgan fingerprint density at radius 1 is 1.29 bits per heavy atom. The highest BCUT2D eigenvalue weighted by Gasteiger charge is 2.26. The molecule has 0 radical (unpaired) electrons. The number of esters is 1. The van der Waals surface area contributed by atoms with Gasteiger partial charge in [0.15, 0.2) is 0 Å². The van der Waals surface area contributed by atoms with Crippen LogP contribution in [0.25, 0.3) is 0 Å². The Morgan fingerprint density at radius 3 is 2.52 bits per heavy atom. The SMILES string of the molecule is CCC(C)[C@H](NC(=O)Nc1cccc(C)c1C)C(=O)OC. The van der Waals surface area contributed by atoms with Gasteiger partial charge in [-0.05, 0) is 37.0 Å². The maximum absolute atomic E-state index is 12.1. The Bertz CT molecular complexity index is 514. The van der Waals surface area contributed by atoms with Crippen LogP contribution in [0.1, 0.15) is 31.4 Å². The number of methoxy groups -OCH3 is 1. The summed E-state index contributed by atoms with van der Waals surface area (Å²) >= 11 is 0. The molecule has 5 heteroatoms. The molecular formula is C16H24N2O3. The van der Waals surface area contributed by atoms with E-state index >= 15 is 0 Å². The average molecular weight is 292 g/mol. The van der Waals surface area contributed by atoms with Gasteiger partial charge in [0.2, 0.25) is 0 Å². The minimum atomic E-state index is -0.648. The molecule has 1 rings (SSSR count). The number of rotatable bonds is 5. The zero-order valence-corrected chi connectivity index (χ0v) is 13.3. The first kappa shape index (κ1) is 17.0. The van der Waals surface area contributed by atoms with E-state index in [-0.39, 0.29) is 5.92 Å². The van der Waals surface area contributed by atoms with Crippen molar-refractivity contribution >= 4 is 17.7 Å². The fourth-order valence-electron chi connectivity index (χ4n) is 1.98. The number of aryl methyl sites for hydroxylation is 1. The van der Waals surface area contributed by atoms with Gasteiger partial charge in [0.1, 0.15) is 6.04 Å². The summed E-state index contributed by atoms with van der Waals surface area (Å²) in [5.74, 6) is -0.428. The average Bonchev–Trinajstić information content (AvgIpc) is 2.48. The summed E-state index contributed by atoms with van der Waals surface area (Å²) in [5, 5.41) is 5.47. The lowest BCUT2D eigenvalue weighted by Crippen LogP contribution is -2.47. The van der Waals surface area contributed by atoms with Crippen molar-refractivity contribution in [1.82, 2.24) is 5.32 Å². The van der Waals surface area contributed by atoms with Crippen molar-refractivity contribution in [1.29, 1.82) is 0 Å². The number of hydrogen-bond acceptors (Lipinski definition) is 3. The van der Waals surface area contributed by atoms with Crippen LogP contribution in [0.5, 0.6) is 0 Å². The molecule has 0 bridgehead atoms. The summed E-state index contributed by atoms with van der Waals surface area (Å²) < 4.78 is 4.75. The number of benzene rings is 1. The van der Waals surface area contributed by atoms with Crippen LogP contribution in [0.15, 0.2) is 18.2 Å². The number of carbonyl (C=O) groups is 2. The number of urea groups is 1. The first-order valence-corrected chi connectivity index (χ1v) is 7.12. The third-order valence-electron chi connectivity index (χ3n) is 3.81. The molecule has 0 fully saturated rings. The van der Waals surface area contributed by atoms with Gasteiger partial charge >= 0.3 is 12.0 Å². The van der Waals surface area contributed by atoms with Gasteiger partial charge in [-0.15, -0.1) is 0 Å². The Labute approximate surface area is 126 Å². The molecule has 1 unspecified atom stereocenters. The van der Waals surface area contributed by atoms with E-state index in [0.29, 0.717) is 0 Å². The maximum Gasteiger partial charge on any atom is 0.328 e. The second-order valence-electron chi connectivity index (χ2n) is 5.23. The largest absolute Gasteiger partial charge is 0.467 e. The highest BCUT2D eigenvalue weighted by Crippen LogP contribution is 2.18. The van der Waals surface area contributed by atoms with Crippen LogP contribution >= 0.6 is 0 Å². The molecule has 5 nitrogen and oxygen atoms in total. The summed E-state index contributed by atoms with van der Waals surface area (Å²) in [4.78, 5) is 23.9. The molecule has 116 valence electrons. The number of ether oxygens (including phenoxy) is 1. The van der Waals surface area contributed by atoms with Gasteiger partial charge in [-0.25, -0.2) is 9.59 Å². The fraction of sp³-hybridized carbons (Fsp3) is 0.500. The van der Waals surface area contributed by atoms with E-state index in [9.17, 15) is 9.59 Å². The van der Waals surface area contributed by atoms with Gasteiger partial charge in [-0.3, -0.25) is 0 Å². The van der Waals surface area contributed by atoms with Gasteiger partial charge in [0.05, 0.1) is 7.11 Å². The van der Waals surface area contributed by atoms with Crippen molar-refractivity contribution in [2.24, 2.45) is 5.92 Å². The summed E-state index contributed by atoms with van der Waals surface area (Å²) in [6.45, 7) is 7.79. The Morgan fingerprint density at radius 2 is 1.95 bits per heavy atom. The van der Waals surface area contributed by atoms with E-state index in [1.54, 1.807) is 0 Å². The third-order valence-corrected chi connectivity index (χ3v) is 3.81. The van der Waals surface area contributed by atoms with E-state index < -0.39 is 18.0 Å². The van der Waals surface area contributed by atoms with E-state index in [1.165, 1.54) is 7.11 Å². The molecule has 0 saturated carbocycles. The zero-order valence-electron chi connectivity index (χ0n) is 13.3. The lowest BCUT2D eigenvalue weighted by atomic mass is 9.99. The first-order chi connectivity index (χ1) is 9.90. The summed E-state index contributed by atoms with van der Waals surface area (Å²) in [6.07, 6.45) is 0.767. The van der Waals surface area contributed by atoms with E-state index in [0.717, 1.165) is 23.2 Å². The first-order valence-electron chi connectivity index (χ1n) is 7.12. The van der Waals surface area contributed by atoms with Crippen LogP contribution in [0.4, 0.5) is 10.5 Å². The number of amides is 2. The number of carbonyl (C=O) groups excluding carboxylic acids is 2. The predicted molar refractivity (Wildman–Crippen MR) is 83.3 cm³/mol. The fourth-order valence-corrected chi connectivity index (χ4v) is 1.98. The Balaban J connectivity index is 2.78. The minimum Gasteiger partial charge on any atom is -0.467 e. The minimum absolute atomic E-state index is 0.00167. The van der Waals surface area contributed by atoms with Crippen LogP contribution in [-0.2, 0) is 9.53 Å². The lowest BCUT2D eigenvalue weighted by Gasteiger charge is -2.22. The van der Waals surface area contributed by atoms with Crippen LogP contribution in [0, 0.1) is 19.8 Å². The van der Waals surface area contributed by atoms with E-state index in [2.05, 4.69) is 10.6 Å². The zero-order chi connectivity index (χ0) is 16.0. The summed E-state index contributed by atoms with van der Waals surface area (Å²) in [7, 11) is 1.32. The van der Waals surface area contributed by atoms with Crippen LogP contribution in [0.2, 0.25) is 0 Å². The molecule has 21 heavy (non-hydrogen) atoms. The van der Waals surface area contributed by atoms with Crippen molar-refractivity contribution in [3.05, 3.63) is 29.3 Å². The Kier molecular flexibility index (Phi) is 6.21. The second-order valence-corrected chi connectivity index (χ2v) is 5.23. The smallest absolute Gasteiger partial charge is 0.328 e. The molecule has 1 aromatic carbocycles. The molecule has 2 N–H and O–H groups in total. The quantitative estimate of drug-likeness (QED) is 0.820. The van der Waals surface area contributed by atoms with E-state index in [1.807, 2.05) is 45.9 Å². The predicted octanol–water partition coefficient (Wildman–Crippen LogP) is 3.01. The van der Waals surface area contributed by atoms with Crippen molar-refractivity contribution in [2.45, 2.75) is 40.2 Å². The lowest BCUT2D eigenvalue weighted by molar-refractivity contribution is -0.144. The molecular weight excluding hydrogens is 268 g/mol. The van der Waals surface area contributed by atoms with Crippen LogP contribution < -0.4 is 10.6 Å². The molecule has 0 spiro atoms. The van der Waals surface area contributed by atoms with Gasteiger partial charge in [-0.2, -0.15) is 0 Å². The molecule has 0 heterocycles. The molecule has 2 atom stereocenters. The summed E-state index contributed by atoms with van der Waals surface area (Å²) in [5.41, 5.74) is 2.84. The van der Waals surface area contributed by atoms with Crippen molar-refractivity contribution in [3.8, 4) is 0 Å². The third kappa shape index (κ3) is 4.48. The Hall–Kier alpha value is -2.04. The molecule has 0 saturated heterocycles. The highest BCUT2D eigenvalue weighted by molar-refractivity contribution is 5.93. The highest BCUT2D eigenvalue weighted by atomic mass is 16.5. The topological polar surface area (TPSA) is 67.4 Å². The number of hydrogen-bond donors (Lipinski definition) is 2. The molecule has 0 aromatic heterocycles. The second kappa shape index (κ2) is 7.67. The number of nitrogens with one attached hydrogen (secondary N) is 2. The van der Waals surface area contributed by atoms with Gasteiger partial charge in [0.25, 0.3) is 0 Å². The van der Waals surface area contributed by atoms with Gasteiger partial charge in [0, 0.05) is 5.69 Å². The van der Waals surface area contributed by atoms with E-state index in [4.69, 9.17) is 4.74 Å². The number of anilines is 1. The van der Waals surface area contributed by atoms with Crippen molar-refractivity contribution in [2.75, 3.05) is 12.4 Å². The molecule has 0 aliphatic heterocycles. The van der Waals surface area contributed by atoms with Crippen LogP contribution in [0.3, 0.4) is 0 Å². The summed E-state index contributed by atoms with van der Waals surface area (Å²) in [6, 6.07) is 4.64. The van der Waals surface area contributed by atoms with Crippen molar-refractivity contribution in [3.63, 3.8) is 0 Å². The van der Waals surface area contributed by atoms with Gasteiger partial charge in [-0.1, -0.05) is 32.4 Å². The normalized spacial score (nSPS) is 13.2.